The normalized spacial score (nSPS) is 18.7. The highest BCUT2D eigenvalue weighted by Crippen LogP contribution is 2.15. The maximum atomic E-state index is 9.61. The summed E-state index contributed by atoms with van der Waals surface area (Å²) in [5.74, 6) is 0. The summed E-state index contributed by atoms with van der Waals surface area (Å²) in [6.07, 6.45) is -1.14. The summed E-state index contributed by atoms with van der Waals surface area (Å²) in [6.45, 7) is 1.26. The molecule has 2 N–H and O–H groups in total. The van der Waals surface area contributed by atoms with Crippen LogP contribution in [0.3, 0.4) is 0 Å². The van der Waals surface area contributed by atoms with Crippen molar-refractivity contribution in [2.24, 2.45) is 0 Å². The van der Waals surface area contributed by atoms with Crippen molar-refractivity contribution < 1.29 is 19.1 Å². The molecule has 0 aromatic heterocycles. The fraction of sp³-hybridized carbons (Fsp3) is 1.00. The van der Waals surface area contributed by atoms with Crippen molar-refractivity contribution in [2.45, 2.75) is 13.2 Å². The number of hydrogen-bond donors (Lipinski definition) is 2. The summed E-state index contributed by atoms with van der Waals surface area (Å²) in [6, 6.07) is 0. The molecule has 2 unspecified atom stereocenters. The minimum Gasteiger partial charge on any atom is -0.368 e. The Morgan fingerprint density at radius 2 is 2.29 bits per heavy atom. The van der Waals surface area contributed by atoms with E-state index in [2.05, 4.69) is 4.52 Å². The molecule has 0 aromatic carbocycles. The number of aliphatic hydroxyl groups is 1. The van der Waals surface area contributed by atoms with Gasteiger partial charge in [-0.25, -0.2) is 0 Å². The summed E-state index contributed by atoms with van der Waals surface area (Å²) >= 11 is 0. The van der Waals surface area contributed by atoms with E-state index >= 15 is 0 Å². The molecule has 0 saturated heterocycles. The smallest absolute Gasteiger partial charge is 0.318 e. The van der Waals surface area contributed by atoms with Gasteiger partial charge in [0.2, 0.25) is 0 Å². The van der Waals surface area contributed by atoms with Crippen LogP contribution in [0.25, 0.3) is 0 Å². The van der Waals surface area contributed by atoms with E-state index in [1.807, 2.05) is 0 Å². The summed E-state index contributed by atoms with van der Waals surface area (Å²) in [7, 11) is -2.93. The average Bonchev–Trinajstić information content (AvgIpc) is 1.27. The van der Waals surface area contributed by atoms with Crippen LogP contribution >= 0.6 is 8.25 Å². The molecule has 0 amide bonds. The Bertz CT molecular complexity index is 70.1. The SMILES string of the molecule is CC(O)O[PH](=O)O. The lowest BCUT2D eigenvalue weighted by Gasteiger charge is -1.98. The topological polar surface area (TPSA) is 66.8 Å². The highest BCUT2D eigenvalue weighted by Gasteiger charge is 1.95. The molecule has 0 aromatic rings. The van der Waals surface area contributed by atoms with Crippen molar-refractivity contribution in [3.05, 3.63) is 0 Å². The minimum absolute atomic E-state index is 1.14. The lowest BCUT2D eigenvalue weighted by molar-refractivity contribution is -0.00179. The van der Waals surface area contributed by atoms with Gasteiger partial charge >= 0.3 is 8.25 Å². The fourth-order valence-corrected chi connectivity index (χ4v) is 0.438. The lowest BCUT2D eigenvalue weighted by Crippen LogP contribution is -1.98. The maximum Gasteiger partial charge on any atom is 0.318 e. The molecule has 2 atom stereocenters. The van der Waals surface area contributed by atoms with Crippen LogP contribution in [0.15, 0.2) is 0 Å². The highest BCUT2D eigenvalue weighted by atomic mass is 31.1. The predicted octanol–water partition coefficient (Wildman–Crippen LogP) is -0.277. The van der Waals surface area contributed by atoms with Crippen molar-refractivity contribution in [2.75, 3.05) is 0 Å². The van der Waals surface area contributed by atoms with E-state index in [1.54, 1.807) is 0 Å². The quantitative estimate of drug-likeness (QED) is 0.394. The minimum atomic E-state index is -2.93. The Balaban J connectivity index is 3.13. The average molecular weight is 126 g/mol. The van der Waals surface area contributed by atoms with Gasteiger partial charge in [-0.1, -0.05) is 0 Å². The number of rotatable bonds is 2. The zero-order valence-electron chi connectivity index (χ0n) is 3.79. The van der Waals surface area contributed by atoms with E-state index in [1.165, 1.54) is 6.92 Å². The molecule has 4 nitrogen and oxygen atoms in total. The highest BCUT2D eigenvalue weighted by molar-refractivity contribution is 7.32. The molecule has 0 bridgehead atoms. The van der Waals surface area contributed by atoms with Crippen molar-refractivity contribution >= 4 is 8.25 Å². The Kier molecular flexibility index (Phi) is 3.21. The van der Waals surface area contributed by atoms with Crippen LogP contribution in [0.2, 0.25) is 0 Å². The van der Waals surface area contributed by atoms with Gasteiger partial charge in [-0.15, -0.1) is 0 Å². The van der Waals surface area contributed by atoms with Gasteiger partial charge in [0, 0.05) is 0 Å². The Hall–Kier alpha value is 0.110. The van der Waals surface area contributed by atoms with Gasteiger partial charge < -0.3 is 10.00 Å². The third kappa shape index (κ3) is 6.11. The molecule has 0 saturated carbocycles. The van der Waals surface area contributed by atoms with E-state index in [4.69, 9.17) is 10.00 Å². The molecule has 0 aliphatic carbocycles. The third-order valence-electron chi connectivity index (χ3n) is 0.271. The van der Waals surface area contributed by atoms with E-state index in [0.717, 1.165) is 0 Å². The van der Waals surface area contributed by atoms with Crippen molar-refractivity contribution in [1.29, 1.82) is 0 Å². The maximum absolute atomic E-state index is 9.61. The third-order valence-corrected chi connectivity index (χ3v) is 0.814. The number of hydrogen-bond acceptors (Lipinski definition) is 3. The van der Waals surface area contributed by atoms with Gasteiger partial charge in [-0.05, 0) is 6.92 Å². The molecule has 0 aliphatic rings. The first-order valence-corrected chi connectivity index (χ1v) is 2.97. The molecule has 7 heavy (non-hydrogen) atoms. The molecular weight excluding hydrogens is 119 g/mol. The Labute approximate surface area is 41.7 Å². The van der Waals surface area contributed by atoms with Crippen LogP contribution in [-0.4, -0.2) is 16.3 Å². The second-order valence-corrected chi connectivity index (χ2v) is 1.75. The fourth-order valence-electron chi connectivity index (χ4n) is 0.146. The van der Waals surface area contributed by atoms with Crippen LogP contribution in [-0.2, 0) is 9.09 Å². The van der Waals surface area contributed by atoms with Crippen molar-refractivity contribution in [3.8, 4) is 0 Å². The van der Waals surface area contributed by atoms with Crippen LogP contribution in [0.4, 0.5) is 0 Å². The van der Waals surface area contributed by atoms with Gasteiger partial charge in [0.1, 0.15) is 0 Å². The van der Waals surface area contributed by atoms with Crippen LogP contribution in [0.5, 0.6) is 0 Å². The molecule has 0 aliphatic heterocycles. The summed E-state index contributed by atoms with van der Waals surface area (Å²) < 4.78 is 13.5. The van der Waals surface area contributed by atoms with Crippen molar-refractivity contribution in [3.63, 3.8) is 0 Å². The van der Waals surface area contributed by atoms with Gasteiger partial charge in [-0.3, -0.25) is 9.09 Å². The van der Waals surface area contributed by atoms with E-state index in [9.17, 15) is 4.57 Å². The first kappa shape index (κ1) is 7.11. The zero-order valence-corrected chi connectivity index (χ0v) is 4.79. The molecule has 0 heterocycles. The lowest BCUT2D eigenvalue weighted by atomic mass is 10.8. The Morgan fingerprint density at radius 3 is 2.29 bits per heavy atom. The van der Waals surface area contributed by atoms with E-state index in [0.29, 0.717) is 0 Å². The van der Waals surface area contributed by atoms with Crippen LogP contribution < -0.4 is 0 Å². The number of aliphatic hydroxyl groups excluding tert-OH is 1. The molecule has 0 radical (unpaired) electrons. The van der Waals surface area contributed by atoms with E-state index < -0.39 is 14.5 Å². The zero-order chi connectivity index (χ0) is 5.86. The first-order chi connectivity index (χ1) is 3.13. The summed E-state index contributed by atoms with van der Waals surface area (Å²) in [4.78, 5) is 7.89. The van der Waals surface area contributed by atoms with Gasteiger partial charge in [-0.2, -0.15) is 0 Å². The predicted molar refractivity (Wildman–Crippen MR) is 24.0 cm³/mol. The summed E-state index contributed by atoms with van der Waals surface area (Å²) in [5, 5.41) is 8.17. The first-order valence-electron chi connectivity index (χ1n) is 1.70. The van der Waals surface area contributed by atoms with Gasteiger partial charge in [0.15, 0.2) is 6.29 Å². The van der Waals surface area contributed by atoms with Crippen molar-refractivity contribution in [1.82, 2.24) is 0 Å². The second-order valence-electron chi connectivity index (χ2n) is 0.983. The largest absolute Gasteiger partial charge is 0.368 e. The second kappa shape index (κ2) is 3.16. The molecule has 0 spiro atoms. The summed E-state index contributed by atoms with van der Waals surface area (Å²) in [5.41, 5.74) is 0. The molecule has 0 fully saturated rings. The molecule has 0 rings (SSSR count). The van der Waals surface area contributed by atoms with Crippen LogP contribution in [0.1, 0.15) is 6.92 Å². The molecular formula is C2H7O4P. The standard InChI is InChI=1S/C2H7O4P/c1-2(3)6-7(4)5/h2-3,7H,1H3,(H,4,5). The van der Waals surface area contributed by atoms with E-state index in [-0.39, 0.29) is 0 Å². The van der Waals surface area contributed by atoms with Crippen LogP contribution in [0, 0.1) is 0 Å². The molecule has 44 valence electrons. The van der Waals surface area contributed by atoms with Gasteiger partial charge in [0.05, 0.1) is 0 Å². The molecule has 5 heteroatoms. The van der Waals surface area contributed by atoms with Gasteiger partial charge in [0.25, 0.3) is 0 Å². The Morgan fingerprint density at radius 1 is 1.86 bits per heavy atom. The monoisotopic (exact) mass is 126 g/mol.